The zero-order valence-electron chi connectivity index (χ0n) is 6.92. The smallest absolute Gasteiger partial charge is 0.0529 e. The van der Waals surface area contributed by atoms with Crippen LogP contribution >= 0.6 is 11.6 Å². The van der Waals surface area contributed by atoms with Crippen LogP contribution in [-0.2, 0) is 10.8 Å². The molecule has 0 aliphatic carbocycles. The molecule has 3 heteroatoms. The first kappa shape index (κ1) is 9.75. The minimum Gasteiger partial charge on any atom is -0.254 e. The van der Waals surface area contributed by atoms with E-state index in [9.17, 15) is 4.21 Å². The van der Waals surface area contributed by atoms with E-state index in [4.69, 9.17) is 11.6 Å². The lowest BCUT2D eigenvalue weighted by atomic mass is 10.4. The molecule has 0 aliphatic heterocycles. The van der Waals surface area contributed by atoms with Crippen molar-refractivity contribution in [3.05, 3.63) is 29.3 Å². The molecule has 1 aromatic rings. The second-order valence-electron chi connectivity index (χ2n) is 2.50. The first-order chi connectivity index (χ1) is 5.74. The van der Waals surface area contributed by atoms with Crippen molar-refractivity contribution in [3.8, 4) is 0 Å². The molecule has 0 saturated heterocycles. The van der Waals surface area contributed by atoms with Gasteiger partial charge in [-0.15, -0.1) is 0 Å². The Labute approximate surface area is 80.2 Å². The summed E-state index contributed by atoms with van der Waals surface area (Å²) in [6, 6.07) is 7.16. The molecule has 66 valence electrons. The third kappa shape index (κ3) is 2.61. The van der Waals surface area contributed by atoms with E-state index < -0.39 is 10.8 Å². The molecule has 1 atom stereocenters. The van der Waals surface area contributed by atoms with Crippen LogP contribution in [0, 0.1) is 0 Å². The molecule has 0 N–H and O–H groups in total. The summed E-state index contributed by atoms with van der Waals surface area (Å²) in [4.78, 5) is 0.862. The first-order valence-electron chi connectivity index (χ1n) is 3.88. The quantitative estimate of drug-likeness (QED) is 0.737. The predicted octanol–water partition coefficient (Wildman–Crippen LogP) is 2.86. The van der Waals surface area contributed by atoms with Crippen LogP contribution in [0.25, 0.3) is 0 Å². The van der Waals surface area contributed by atoms with Gasteiger partial charge >= 0.3 is 0 Å². The van der Waals surface area contributed by atoms with Crippen LogP contribution in [0.3, 0.4) is 0 Å². The highest BCUT2D eigenvalue weighted by Crippen LogP contribution is 2.12. The van der Waals surface area contributed by atoms with Crippen molar-refractivity contribution >= 4 is 22.4 Å². The average Bonchev–Trinajstić information content (AvgIpc) is 2.06. The van der Waals surface area contributed by atoms with Crippen molar-refractivity contribution in [3.63, 3.8) is 0 Å². The molecule has 0 aliphatic rings. The maximum absolute atomic E-state index is 11.4. The normalized spacial score (nSPS) is 12.8. The molecule has 0 heterocycles. The molecule has 0 aromatic heterocycles. The van der Waals surface area contributed by atoms with Crippen LogP contribution in [0.15, 0.2) is 29.2 Å². The van der Waals surface area contributed by atoms with Crippen molar-refractivity contribution in [2.24, 2.45) is 0 Å². The standard InChI is InChI=1S/C9H11ClOS/c1-2-7-12(11)9-5-3-8(10)4-6-9/h3-6H,2,7H2,1H3. The highest BCUT2D eigenvalue weighted by atomic mass is 35.5. The number of halogens is 1. The van der Waals surface area contributed by atoms with Crippen LogP contribution < -0.4 is 0 Å². The molecule has 0 radical (unpaired) electrons. The molecule has 0 amide bonds. The second kappa shape index (κ2) is 4.63. The van der Waals surface area contributed by atoms with Crippen LogP contribution in [0.1, 0.15) is 13.3 Å². The highest BCUT2D eigenvalue weighted by molar-refractivity contribution is 7.85. The van der Waals surface area contributed by atoms with Crippen molar-refractivity contribution < 1.29 is 4.21 Å². The van der Waals surface area contributed by atoms with Crippen molar-refractivity contribution in [2.45, 2.75) is 18.2 Å². The highest BCUT2D eigenvalue weighted by Gasteiger charge is 2.00. The summed E-state index contributed by atoms with van der Waals surface area (Å²) in [5.74, 6) is 0.724. The minimum atomic E-state index is -0.850. The lowest BCUT2D eigenvalue weighted by Crippen LogP contribution is -1.95. The van der Waals surface area contributed by atoms with Gasteiger partial charge in [0.25, 0.3) is 0 Å². The van der Waals surface area contributed by atoms with Crippen molar-refractivity contribution in [1.82, 2.24) is 0 Å². The topological polar surface area (TPSA) is 17.1 Å². The van der Waals surface area contributed by atoms with Gasteiger partial charge in [0.05, 0.1) is 10.8 Å². The van der Waals surface area contributed by atoms with E-state index in [1.54, 1.807) is 12.1 Å². The van der Waals surface area contributed by atoms with Crippen LogP contribution in [0.5, 0.6) is 0 Å². The molecule has 0 fully saturated rings. The third-order valence-electron chi connectivity index (χ3n) is 1.47. The molecule has 1 rings (SSSR count). The Morgan fingerprint density at radius 2 is 1.92 bits per heavy atom. The number of hydrogen-bond acceptors (Lipinski definition) is 1. The summed E-state index contributed by atoms with van der Waals surface area (Å²) in [7, 11) is -0.850. The largest absolute Gasteiger partial charge is 0.254 e. The van der Waals surface area contributed by atoms with Gasteiger partial charge in [0, 0.05) is 15.7 Å². The summed E-state index contributed by atoms with van der Waals surface area (Å²) < 4.78 is 11.4. The lowest BCUT2D eigenvalue weighted by Gasteiger charge is -1.99. The van der Waals surface area contributed by atoms with E-state index in [-0.39, 0.29) is 0 Å². The molecular formula is C9H11ClOS. The fraction of sp³-hybridized carbons (Fsp3) is 0.333. The van der Waals surface area contributed by atoms with E-state index >= 15 is 0 Å². The fourth-order valence-electron chi connectivity index (χ4n) is 0.890. The Morgan fingerprint density at radius 1 is 1.33 bits per heavy atom. The van der Waals surface area contributed by atoms with E-state index in [2.05, 4.69) is 0 Å². The van der Waals surface area contributed by atoms with Gasteiger partial charge in [0.2, 0.25) is 0 Å². The Hall–Kier alpha value is -0.340. The summed E-state index contributed by atoms with van der Waals surface area (Å²) in [5, 5.41) is 0.687. The lowest BCUT2D eigenvalue weighted by molar-refractivity contribution is 0.682. The van der Waals surface area contributed by atoms with Gasteiger partial charge in [0.1, 0.15) is 0 Å². The van der Waals surface area contributed by atoms with Crippen LogP contribution in [0.4, 0.5) is 0 Å². The van der Waals surface area contributed by atoms with Gasteiger partial charge in [-0.05, 0) is 30.7 Å². The molecule has 1 unspecified atom stereocenters. The Bertz CT molecular complexity index is 268. The summed E-state index contributed by atoms with van der Waals surface area (Å²) >= 11 is 5.69. The molecule has 0 spiro atoms. The molecule has 0 bridgehead atoms. The Balaban J connectivity index is 2.75. The summed E-state index contributed by atoms with van der Waals surface area (Å²) in [5.41, 5.74) is 0. The molecular weight excluding hydrogens is 192 g/mol. The third-order valence-corrected chi connectivity index (χ3v) is 3.30. The molecule has 1 aromatic carbocycles. The minimum absolute atomic E-state index is 0.687. The van der Waals surface area contributed by atoms with Crippen molar-refractivity contribution in [1.29, 1.82) is 0 Å². The van der Waals surface area contributed by atoms with Crippen molar-refractivity contribution in [2.75, 3.05) is 5.75 Å². The van der Waals surface area contributed by atoms with Gasteiger partial charge in [-0.3, -0.25) is 4.21 Å². The van der Waals surface area contributed by atoms with Crippen LogP contribution in [-0.4, -0.2) is 9.96 Å². The SMILES string of the molecule is CCCS(=O)c1ccc(Cl)cc1. The summed E-state index contributed by atoms with van der Waals surface area (Å²) in [6.07, 6.45) is 0.940. The van der Waals surface area contributed by atoms with Gasteiger partial charge in [-0.25, -0.2) is 0 Å². The maximum Gasteiger partial charge on any atom is 0.0529 e. The average molecular weight is 203 g/mol. The Morgan fingerprint density at radius 3 is 2.42 bits per heavy atom. The molecule has 0 saturated carbocycles. The van der Waals surface area contributed by atoms with E-state index in [1.165, 1.54) is 0 Å². The Kier molecular flexibility index (Phi) is 3.76. The van der Waals surface area contributed by atoms with Gasteiger partial charge < -0.3 is 0 Å². The van der Waals surface area contributed by atoms with Gasteiger partial charge in [-0.2, -0.15) is 0 Å². The monoisotopic (exact) mass is 202 g/mol. The van der Waals surface area contributed by atoms with Gasteiger partial charge in [0.15, 0.2) is 0 Å². The van der Waals surface area contributed by atoms with E-state index in [1.807, 2.05) is 19.1 Å². The fourth-order valence-corrected chi connectivity index (χ4v) is 2.06. The number of benzene rings is 1. The predicted molar refractivity (Wildman–Crippen MR) is 53.0 cm³/mol. The summed E-state index contributed by atoms with van der Waals surface area (Å²) in [6.45, 7) is 2.02. The van der Waals surface area contributed by atoms with Gasteiger partial charge in [-0.1, -0.05) is 18.5 Å². The zero-order chi connectivity index (χ0) is 8.97. The maximum atomic E-state index is 11.4. The first-order valence-corrected chi connectivity index (χ1v) is 5.57. The zero-order valence-corrected chi connectivity index (χ0v) is 8.49. The van der Waals surface area contributed by atoms with E-state index in [0.29, 0.717) is 5.02 Å². The number of hydrogen-bond donors (Lipinski definition) is 0. The molecule has 1 nitrogen and oxygen atoms in total. The van der Waals surface area contributed by atoms with Crippen LogP contribution in [0.2, 0.25) is 5.02 Å². The molecule has 12 heavy (non-hydrogen) atoms. The van der Waals surface area contributed by atoms with E-state index in [0.717, 1.165) is 17.1 Å². The number of rotatable bonds is 3. The second-order valence-corrected chi connectivity index (χ2v) is 4.51.